The van der Waals surface area contributed by atoms with Gasteiger partial charge in [0.2, 0.25) is 5.91 Å². The SMILES string of the molecule is COCC(=O)NC1CN(C(=O)c2cc(-n3cccc3)ccc2Cl)C1. The third-order valence-corrected chi connectivity index (χ3v) is 4.22. The van der Waals surface area contributed by atoms with Crippen molar-refractivity contribution in [1.82, 2.24) is 14.8 Å². The number of rotatable bonds is 5. The summed E-state index contributed by atoms with van der Waals surface area (Å²) < 4.78 is 6.68. The van der Waals surface area contributed by atoms with Crippen LogP contribution in [0.3, 0.4) is 0 Å². The molecule has 0 saturated carbocycles. The van der Waals surface area contributed by atoms with Crippen LogP contribution < -0.4 is 5.32 Å². The second-order valence-electron chi connectivity index (χ2n) is 5.66. The molecule has 2 aromatic rings. The van der Waals surface area contributed by atoms with Crippen LogP contribution in [0.1, 0.15) is 10.4 Å². The predicted molar refractivity (Wildman–Crippen MR) is 90.5 cm³/mol. The second kappa shape index (κ2) is 7.07. The Kier molecular flexibility index (Phi) is 4.87. The van der Waals surface area contributed by atoms with E-state index in [1.807, 2.05) is 35.2 Å². The Morgan fingerprint density at radius 3 is 2.67 bits per heavy atom. The molecule has 2 amide bonds. The lowest BCUT2D eigenvalue weighted by Gasteiger charge is -2.39. The summed E-state index contributed by atoms with van der Waals surface area (Å²) in [5.74, 6) is -0.312. The van der Waals surface area contributed by atoms with Crippen LogP contribution >= 0.6 is 11.6 Å². The van der Waals surface area contributed by atoms with Gasteiger partial charge in [0.25, 0.3) is 5.91 Å². The number of methoxy groups -OCH3 is 1. The first-order valence-corrected chi connectivity index (χ1v) is 7.96. The van der Waals surface area contributed by atoms with E-state index in [2.05, 4.69) is 5.32 Å². The number of halogens is 1. The first-order valence-electron chi connectivity index (χ1n) is 7.59. The zero-order valence-corrected chi connectivity index (χ0v) is 14.0. The van der Waals surface area contributed by atoms with Crippen LogP contribution in [0.15, 0.2) is 42.7 Å². The summed E-state index contributed by atoms with van der Waals surface area (Å²) in [6.45, 7) is 0.964. The van der Waals surface area contributed by atoms with E-state index < -0.39 is 0 Å². The van der Waals surface area contributed by atoms with E-state index in [0.29, 0.717) is 23.7 Å². The van der Waals surface area contributed by atoms with E-state index in [-0.39, 0.29) is 24.5 Å². The summed E-state index contributed by atoms with van der Waals surface area (Å²) in [5, 5.41) is 3.23. The van der Waals surface area contributed by atoms with Gasteiger partial charge in [-0.25, -0.2) is 0 Å². The fourth-order valence-electron chi connectivity index (χ4n) is 2.65. The third-order valence-electron chi connectivity index (χ3n) is 3.89. The van der Waals surface area contributed by atoms with Gasteiger partial charge in [-0.15, -0.1) is 0 Å². The lowest BCUT2D eigenvalue weighted by atomic mass is 10.1. The minimum atomic E-state index is -0.178. The molecule has 2 heterocycles. The molecule has 0 radical (unpaired) electrons. The van der Waals surface area contributed by atoms with Crippen LogP contribution in [0.4, 0.5) is 0 Å². The molecule has 1 aliphatic rings. The molecule has 0 atom stereocenters. The molecule has 1 fully saturated rings. The number of benzene rings is 1. The maximum atomic E-state index is 12.6. The highest BCUT2D eigenvalue weighted by Crippen LogP contribution is 2.23. The first kappa shape index (κ1) is 16.5. The zero-order chi connectivity index (χ0) is 17.1. The Morgan fingerprint density at radius 1 is 1.29 bits per heavy atom. The van der Waals surface area contributed by atoms with Gasteiger partial charge in [0.1, 0.15) is 6.61 Å². The highest BCUT2D eigenvalue weighted by Gasteiger charge is 2.33. The second-order valence-corrected chi connectivity index (χ2v) is 6.07. The molecule has 3 rings (SSSR count). The lowest BCUT2D eigenvalue weighted by molar-refractivity contribution is -0.126. The van der Waals surface area contributed by atoms with E-state index in [0.717, 1.165) is 5.69 Å². The van der Waals surface area contributed by atoms with Gasteiger partial charge in [0.05, 0.1) is 16.6 Å². The minimum Gasteiger partial charge on any atom is -0.375 e. The van der Waals surface area contributed by atoms with Gasteiger partial charge in [-0.1, -0.05) is 11.6 Å². The van der Waals surface area contributed by atoms with E-state index in [1.54, 1.807) is 17.0 Å². The molecule has 1 aromatic heterocycles. The number of likely N-dealkylation sites (tertiary alicyclic amines) is 1. The summed E-state index contributed by atoms with van der Waals surface area (Å²) in [5.41, 5.74) is 1.34. The molecule has 0 aliphatic carbocycles. The molecule has 0 spiro atoms. The number of nitrogens with zero attached hydrogens (tertiary/aromatic N) is 2. The Balaban J connectivity index is 1.66. The van der Waals surface area contributed by atoms with Gasteiger partial charge >= 0.3 is 0 Å². The van der Waals surface area contributed by atoms with E-state index in [4.69, 9.17) is 16.3 Å². The molecule has 24 heavy (non-hydrogen) atoms. The highest BCUT2D eigenvalue weighted by atomic mass is 35.5. The van der Waals surface area contributed by atoms with Gasteiger partial charge in [-0.2, -0.15) is 0 Å². The number of hydrogen-bond donors (Lipinski definition) is 1. The molecule has 7 heteroatoms. The Morgan fingerprint density at radius 2 is 2.00 bits per heavy atom. The van der Waals surface area contributed by atoms with Crippen molar-refractivity contribution in [1.29, 1.82) is 0 Å². The van der Waals surface area contributed by atoms with Crippen LogP contribution in [0.2, 0.25) is 5.02 Å². The van der Waals surface area contributed by atoms with Crippen molar-refractivity contribution in [3.63, 3.8) is 0 Å². The number of amides is 2. The summed E-state index contributed by atoms with van der Waals surface area (Å²) in [7, 11) is 1.47. The normalized spacial score (nSPS) is 14.3. The van der Waals surface area contributed by atoms with Crippen molar-refractivity contribution in [2.24, 2.45) is 0 Å². The molecular formula is C17H18ClN3O3. The molecule has 0 bridgehead atoms. The standard InChI is InChI=1S/C17H18ClN3O3/c1-24-11-16(22)19-12-9-21(10-12)17(23)14-8-13(4-5-15(14)18)20-6-2-3-7-20/h2-8,12H,9-11H2,1H3,(H,19,22). The van der Waals surface area contributed by atoms with Crippen molar-refractivity contribution in [3.8, 4) is 5.69 Å². The number of carbonyl (C=O) groups excluding carboxylic acids is 2. The fraction of sp³-hybridized carbons (Fsp3) is 0.294. The molecule has 6 nitrogen and oxygen atoms in total. The van der Waals surface area contributed by atoms with Crippen LogP contribution in [0.5, 0.6) is 0 Å². The summed E-state index contributed by atoms with van der Waals surface area (Å²) in [6.07, 6.45) is 3.81. The van der Waals surface area contributed by atoms with Crippen molar-refractivity contribution in [2.45, 2.75) is 6.04 Å². The monoisotopic (exact) mass is 347 g/mol. The van der Waals surface area contributed by atoms with Crippen molar-refractivity contribution < 1.29 is 14.3 Å². The van der Waals surface area contributed by atoms with Crippen LogP contribution in [0.25, 0.3) is 5.69 Å². The third kappa shape index (κ3) is 3.44. The highest BCUT2D eigenvalue weighted by molar-refractivity contribution is 6.34. The molecule has 1 saturated heterocycles. The van der Waals surface area contributed by atoms with Crippen molar-refractivity contribution >= 4 is 23.4 Å². The molecule has 1 N–H and O–H groups in total. The average Bonchev–Trinajstić information content (AvgIpc) is 3.05. The maximum Gasteiger partial charge on any atom is 0.255 e. The molecular weight excluding hydrogens is 330 g/mol. The topological polar surface area (TPSA) is 63.6 Å². The number of ether oxygens (including phenoxy) is 1. The minimum absolute atomic E-state index is 0.0230. The van der Waals surface area contributed by atoms with Crippen LogP contribution in [-0.2, 0) is 9.53 Å². The smallest absolute Gasteiger partial charge is 0.255 e. The maximum absolute atomic E-state index is 12.6. The van der Waals surface area contributed by atoms with Gasteiger partial charge < -0.3 is 19.5 Å². The molecule has 1 aliphatic heterocycles. The van der Waals surface area contributed by atoms with E-state index >= 15 is 0 Å². The Labute approximate surface area is 145 Å². The molecule has 0 unspecified atom stereocenters. The van der Waals surface area contributed by atoms with Gasteiger partial charge in [0.15, 0.2) is 0 Å². The largest absolute Gasteiger partial charge is 0.375 e. The molecule has 1 aromatic carbocycles. The van der Waals surface area contributed by atoms with Crippen LogP contribution in [0, 0.1) is 0 Å². The first-order chi connectivity index (χ1) is 11.6. The Bertz CT molecular complexity index is 740. The van der Waals surface area contributed by atoms with Crippen LogP contribution in [-0.4, -0.2) is 54.1 Å². The number of aromatic nitrogens is 1. The molecule has 126 valence electrons. The fourth-order valence-corrected chi connectivity index (χ4v) is 2.85. The van der Waals surface area contributed by atoms with E-state index in [1.165, 1.54) is 7.11 Å². The summed E-state index contributed by atoms with van der Waals surface area (Å²) >= 11 is 6.20. The number of hydrogen-bond acceptors (Lipinski definition) is 3. The number of carbonyl (C=O) groups is 2. The zero-order valence-electron chi connectivity index (χ0n) is 13.2. The lowest BCUT2D eigenvalue weighted by Crippen LogP contribution is -2.61. The number of nitrogens with one attached hydrogen (secondary N) is 1. The average molecular weight is 348 g/mol. The van der Waals surface area contributed by atoms with Crippen molar-refractivity contribution in [2.75, 3.05) is 26.8 Å². The van der Waals surface area contributed by atoms with Gasteiger partial charge in [-0.05, 0) is 30.3 Å². The summed E-state index contributed by atoms with van der Waals surface area (Å²) in [6, 6.07) is 9.16. The van der Waals surface area contributed by atoms with Crippen molar-refractivity contribution in [3.05, 3.63) is 53.3 Å². The van der Waals surface area contributed by atoms with Gasteiger partial charge in [0, 0.05) is 38.3 Å². The van der Waals surface area contributed by atoms with E-state index in [9.17, 15) is 9.59 Å². The van der Waals surface area contributed by atoms with Gasteiger partial charge in [-0.3, -0.25) is 9.59 Å². The predicted octanol–water partition coefficient (Wildman–Crippen LogP) is 1.72. The Hall–Kier alpha value is -2.31. The summed E-state index contributed by atoms with van der Waals surface area (Å²) in [4.78, 5) is 25.7. The quantitative estimate of drug-likeness (QED) is 0.895.